The Kier molecular flexibility index (Phi) is 4.25. The number of rotatable bonds is 2. The van der Waals surface area contributed by atoms with Gasteiger partial charge in [-0.25, -0.2) is 0 Å². The molecule has 1 saturated heterocycles. The van der Waals surface area contributed by atoms with Crippen LogP contribution in [-0.2, 0) is 6.54 Å². The maximum Gasteiger partial charge on any atom is 0.0444 e. The van der Waals surface area contributed by atoms with Crippen molar-refractivity contribution < 1.29 is 0 Å². The van der Waals surface area contributed by atoms with Crippen LogP contribution >= 0.6 is 0 Å². The average molecular weight is 247 g/mol. The third-order valence-electron chi connectivity index (χ3n) is 3.88. The zero-order valence-electron chi connectivity index (χ0n) is 11.8. The molecular weight excluding hydrogens is 222 g/mol. The van der Waals surface area contributed by atoms with Gasteiger partial charge >= 0.3 is 0 Å². The average Bonchev–Trinajstić information content (AvgIpc) is 2.50. The highest BCUT2D eigenvalue weighted by Crippen LogP contribution is 2.28. The van der Waals surface area contributed by atoms with Gasteiger partial charge < -0.3 is 15.5 Å². The second-order valence-electron chi connectivity index (χ2n) is 5.44. The smallest absolute Gasteiger partial charge is 0.0444 e. The van der Waals surface area contributed by atoms with Gasteiger partial charge in [0, 0.05) is 31.4 Å². The van der Waals surface area contributed by atoms with Crippen LogP contribution in [0.15, 0.2) is 18.2 Å². The second-order valence-corrected chi connectivity index (χ2v) is 5.44. The Morgan fingerprint density at radius 3 is 2.83 bits per heavy atom. The van der Waals surface area contributed by atoms with Crippen molar-refractivity contribution in [1.29, 1.82) is 0 Å². The lowest BCUT2D eigenvalue weighted by molar-refractivity contribution is 0.337. The van der Waals surface area contributed by atoms with E-state index in [-0.39, 0.29) is 0 Å². The highest BCUT2D eigenvalue weighted by atomic mass is 15.2. The monoisotopic (exact) mass is 247 g/mol. The molecule has 3 heteroatoms. The molecule has 1 atom stereocenters. The van der Waals surface area contributed by atoms with E-state index >= 15 is 0 Å². The summed E-state index contributed by atoms with van der Waals surface area (Å²) in [5.74, 6) is 0. The molecule has 1 heterocycles. The number of para-hydroxylation sites is 1. The summed E-state index contributed by atoms with van der Waals surface area (Å²) < 4.78 is 0. The molecule has 2 N–H and O–H groups in total. The molecule has 1 unspecified atom stereocenters. The minimum atomic E-state index is 0.545. The summed E-state index contributed by atoms with van der Waals surface area (Å²) in [7, 11) is 2.21. The fourth-order valence-corrected chi connectivity index (χ4v) is 3.00. The van der Waals surface area contributed by atoms with Crippen molar-refractivity contribution in [3.05, 3.63) is 29.3 Å². The second kappa shape index (κ2) is 5.72. The summed E-state index contributed by atoms with van der Waals surface area (Å²) in [6.45, 7) is 8.56. The van der Waals surface area contributed by atoms with Gasteiger partial charge in [0.05, 0.1) is 0 Å². The normalized spacial score (nSPS) is 22.0. The molecule has 3 nitrogen and oxygen atoms in total. The molecule has 18 heavy (non-hydrogen) atoms. The van der Waals surface area contributed by atoms with Crippen LogP contribution in [0.5, 0.6) is 0 Å². The highest BCUT2D eigenvalue weighted by molar-refractivity contribution is 5.60. The van der Waals surface area contributed by atoms with Crippen LogP contribution in [-0.4, -0.2) is 37.6 Å². The lowest BCUT2D eigenvalue weighted by atomic mass is 10.0. The quantitative estimate of drug-likeness (QED) is 0.867. The molecule has 100 valence electrons. The maximum absolute atomic E-state index is 5.90. The number of nitrogens with zero attached hydrogens (tertiary/aromatic N) is 2. The van der Waals surface area contributed by atoms with Crippen molar-refractivity contribution in [2.45, 2.75) is 32.9 Å². The Labute approximate surface area is 111 Å². The minimum absolute atomic E-state index is 0.545. The van der Waals surface area contributed by atoms with Gasteiger partial charge in [0.25, 0.3) is 0 Å². The molecule has 1 aromatic carbocycles. The predicted molar refractivity (Wildman–Crippen MR) is 78.0 cm³/mol. The van der Waals surface area contributed by atoms with E-state index in [0.717, 1.165) is 13.1 Å². The van der Waals surface area contributed by atoms with Crippen LogP contribution in [0.1, 0.15) is 24.5 Å². The van der Waals surface area contributed by atoms with Gasteiger partial charge in [-0.05, 0) is 45.0 Å². The van der Waals surface area contributed by atoms with Crippen LogP contribution in [0.2, 0.25) is 0 Å². The molecule has 0 aromatic heterocycles. The molecule has 0 amide bonds. The molecule has 1 aliphatic heterocycles. The number of benzene rings is 1. The van der Waals surface area contributed by atoms with E-state index in [1.54, 1.807) is 0 Å². The van der Waals surface area contributed by atoms with Crippen molar-refractivity contribution in [2.24, 2.45) is 5.73 Å². The number of nitrogens with two attached hydrogens (primary N) is 1. The fourth-order valence-electron chi connectivity index (χ4n) is 3.00. The zero-order chi connectivity index (χ0) is 13.1. The first-order valence-corrected chi connectivity index (χ1v) is 6.87. The molecule has 1 fully saturated rings. The van der Waals surface area contributed by atoms with Gasteiger partial charge in [0.2, 0.25) is 0 Å². The predicted octanol–water partition coefficient (Wildman–Crippen LogP) is 1.98. The standard InChI is InChI=1S/C15H25N3/c1-12-6-4-7-14(10-16)15(12)18-9-5-8-17(3)11-13(18)2/h4,6-7,13H,5,8-11,16H2,1-3H3. The number of hydrogen-bond donors (Lipinski definition) is 1. The Morgan fingerprint density at radius 1 is 1.33 bits per heavy atom. The zero-order valence-corrected chi connectivity index (χ0v) is 11.8. The van der Waals surface area contributed by atoms with Gasteiger partial charge in [-0.2, -0.15) is 0 Å². The first-order chi connectivity index (χ1) is 8.63. The summed E-state index contributed by atoms with van der Waals surface area (Å²) in [6, 6.07) is 7.00. The summed E-state index contributed by atoms with van der Waals surface area (Å²) in [5.41, 5.74) is 9.88. The number of likely N-dealkylation sites (N-methyl/N-ethyl adjacent to an activating group) is 1. The van der Waals surface area contributed by atoms with E-state index in [1.807, 2.05) is 0 Å². The summed E-state index contributed by atoms with van der Waals surface area (Å²) in [6.07, 6.45) is 1.22. The van der Waals surface area contributed by atoms with Crippen LogP contribution in [0.4, 0.5) is 5.69 Å². The van der Waals surface area contributed by atoms with Crippen LogP contribution in [0, 0.1) is 6.92 Å². The first kappa shape index (κ1) is 13.4. The van der Waals surface area contributed by atoms with E-state index in [0.29, 0.717) is 12.6 Å². The molecule has 1 aliphatic rings. The summed E-state index contributed by atoms with van der Waals surface area (Å²) in [4.78, 5) is 4.96. The minimum Gasteiger partial charge on any atom is -0.367 e. The van der Waals surface area contributed by atoms with Gasteiger partial charge in [0.15, 0.2) is 0 Å². The Morgan fingerprint density at radius 2 is 2.11 bits per heavy atom. The maximum atomic E-state index is 5.90. The molecular formula is C15H25N3. The highest BCUT2D eigenvalue weighted by Gasteiger charge is 2.22. The SMILES string of the molecule is Cc1cccc(CN)c1N1CCCN(C)CC1C. The summed E-state index contributed by atoms with van der Waals surface area (Å²) >= 11 is 0. The van der Waals surface area contributed by atoms with Gasteiger partial charge in [0.1, 0.15) is 0 Å². The largest absolute Gasteiger partial charge is 0.367 e. The van der Waals surface area contributed by atoms with Crippen molar-refractivity contribution in [1.82, 2.24) is 4.90 Å². The van der Waals surface area contributed by atoms with Gasteiger partial charge in [-0.15, -0.1) is 0 Å². The van der Waals surface area contributed by atoms with Gasteiger partial charge in [-0.3, -0.25) is 0 Å². The Hall–Kier alpha value is -1.06. The van der Waals surface area contributed by atoms with Crippen LogP contribution in [0.3, 0.4) is 0 Å². The van der Waals surface area contributed by atoms with Crippen LogP contribution in [0.25, 0.3) is 0 Å². The number of anilines is 1. The van der Waals surface area contributed by atoms with E-state index < -0.39 is 0 Å². The molecule has 0 bridgehead atoms. The van der Waals surface area contributed by atoms with Gasteiger partial charge in [-0.1, -0.05) is 18.2 Å². The van der Waals surface area contributed by atoms with E-state index in [4.69, 9.17) is 5.73 Å². The molecule has 0 spiro atoms. The fraction of sp³-hybridized carbons (Fsp3) is 0.600. The van der Waals surface area contributed by atoms with Crippen LogP contribution < -0.4 is 10.6 Å². The third-order valence-corrected chi connectivity index (χ3v) is 3.88. The third kappa shape index (κ3) is 2.68. The van der Waals surface area contributed by atoms with Crippen molar-refractivity contribution in [3.8, 4) is 0 Å². The molecule has 0 saturated carbocycles. The first-order valence-electron chi connectivity index (χ1n) is 6.87. The van der Waals surface area contributed by atoms with Crippen molar-refractivity contribution >= 4 is 5.69 Å². The number of aryl methyl sites for hydroxylation is 1. The molecule has 2 rings (SSSR count). The Balaban J connectivity index is 2.34. The van der Waals surface area contributed by atoms with E-state index in [9.17, 15) is 0 Å². The molecule has 0 radical (unpaired) electrons. The van der Waals surface area contributed by atoms with Crippen molar-refractivity contribution in [3.63, 3.8) is 0 Å². The molecule has 1 aromatic rings. The number of hydrogen-bond acceptors (Lipinski definition) is 3. The Bertz CT molecular complexity index is 403. The lowest BCUT2D eigenvalue weighted by Gasteiger charge is -2.33. The molecule has 0 aliphatic carbocycles. The van der Waals surface area contributed by atoms with E-state index in [2.05, 4.69) is 48.9 Å². The lowest BCUT2D eigenvalue weighted by Crippen LogP contribution is -2.39. The summed E-state index contributed by atoms with van der Waals surface area (Å²) in [5, 5.41) is 0. The topological polar surface area (TPSA) is 32.5 Å². The van der Waals surface area contributed by atoms with E-state index in [1.165, 1.54) is 29.8 Å². The van der Waals surface area contributed by atoms with Crippen molar-refractivity contribution in [2.75, 3.05) is 31.6 Å².